The Labute approximate surface area is 189 Å². The van der Waals surface area contributed by atoms with Crippen LogP contribution in [0.5, 0.6) is 0 Å². The molecule has 0 unspecified atom stereocenters. The summed E-state index contributed by atoms with van der Waals surface area (Å²) in [4.78, 5) is 50.5. The van der Waals surface area contributed by atoms with Crippen LogP contribution in [0.2, 0.25) is 0 Å². The molecule has 8 heteroatoms. The number of hydrogen-bond acceptors (Lipinski definition) is 4. The lowest BCUT2D eigenvalue weighted by atomic mass is 10.1. The van der Waals surface area contributed by atoms with Gasteiger partial charge in [-0.15, -0.1) is 0 Å². The highest BCUT2D eigenvalue weighted by Gasteiger charge is 2.37. The number of nitrogens with zero attached hydrogens (tertiary/aromatic N) is 2. The fourth-order valence-corrected chi connectivity index (χ4v) is 3.96. The molecule has 4 amide bonds. The average Bonchev–Trinajstić information content (AvgIpc) is 3.05. The van der Waals surface area contributed by atoms with E-state index in [9.17, 15) is 24.3 Å². The summed E-state index contributed by atoms with van der Waals surface area (Å²) in [5, 5.41) is 11.5. The number of aryl methyl sites for hydroxylation is 2. The monoisotopic (exact) mass is 443 g/mol. The molecule has 1 aliphatic rings. The number of para-hydroxylation sites is 1. The molecule has 0 radical (unpaired) electrons. The summed E-state index contributed by atoms with van der Waals surface area (Å²) in [6.45, 7) is 5.42. The molecule has 1 saturated heterocycles. The highest BCUT2D eigenvalue weighted by Crippen LogP contribution is 2.27. The first-order valence-corrected chi connectivity index (χ1v) is 10.2. The van der Waals surface area contributed by atoms with E-state index in [-0.39, 0.29) is 11.1 Å². The average molecular weight is 443 g/mol. The Balaban J connectivity index is 1.78. The molecule has 166 valence electrons. The van der Waals surface area contributed by atoms with Gasteiger partial charge in [-0.2, -0.15) is 0 Å². The van der Waals surface area contributed by atoms with Crippen molar-refractivity contribution in [2.75, 3.05) is 4.90 Å². The molecule has 0 saturated carbocycles. The van der Waals surface area contributed by atoms with Crippen LogP contribution in [0, 0.1) is 20.8 Å². The number of aromatic nitrogens is 1. The van der Waals surface area contributed by atoms with Crippen LogP contribution >= 0.6 is 0 Å². The number of carboxylic acid groups (broad SMARTS) is 1. The van der Waals surface area contributed by atoms with Crippen LogP contribution in [-0.2, 0) is 9.59 Å². The lowest BCUT2D eigenvalue weighted by molar-refractivity contribution is -0.122. The minimum Gasteiger partial charge on any atom is -0.478 e. The number of rotatable bonds is 4. The summed E-state index contributed by atoms with van der Waals surface area (Å²) in [6, 6.07) is 14.4. The standard InChI is InChI=1S/C25H21N3O5/c1-14-7-4-5-10-21(14)28-23(30)20(22(29)26-25(28)33)13-18-11-15(2)27(16(18)3)19-9-6-8-17(12-19)24(31)32/h4-13H,1-3H3,(H,31,32)(H,26,29,33)/b20-13-. The van der Waals surface area contributed by atoms with Crippen LogP contribution in [0.4, 0.5) is 10.5 Å². The second kappa shape index (κ2) is 8.23. The highest BCUT2D eigenvalue weighted by atomic mass is 16.4. The summed E-state index contributed by atoms with van der Waals surface area (Å²) in [5.74, 6) is -2.52. The van der Waals surface area contributed by atoms with Gasteiger partial charge in [0.15, 0.2) is 0 Å². The van der Waals surface area contributed by atoms with E-state index in [4.69, 9.17) is 0 Å². The second-order valence-corrected chi connectivity index (χ2v) is 7.76. The Hall–Kier alpha value is -4.46. The third kappa shape index (κ3) is 3.82. The van der Waals surface area contributed by atoms with Crippen molar-refractivity contribution in [2.24, 2.45) is 0 Å². The minimum absolute atomic E-state index is 0.147. The number of imide groups is 2. The van der Waals surface area contributed by atoms with E-state index >= 15 is 0 Å². The number of carboxylic acids is 1. The Bertz CT molecular complexity index is 1370. The molecular weight excluding hydrogens is 422 g/mol. The van der Waals surface area contributed by atoms with Crippen LogP contribution in [0.1, 0.15) is 32.9 Å². The van der Waals surface area contributed by atoms with Gasteiger partial charge < -0.3 is 9.67 Å². The third-order valence-corrected chi connectivity index (χ3v) is 5.58. The van der Waals surface area contributed by atoms with Crippen LogP contribution in [0.3, 0.4) is 0 Å². The van der Waals surface area contributed by atoms with Crippen LogP contribution < -0.4 is 10.2 Å². The molecule has 2 N–H and O–H groups in total. The van der Waals surface area contributed by atoms with Gasteiger partial charge in [0, 0.05) is 17.1 Å². The van der Waals surface area contributed by atoms with Gasteiger partial charge in [0.1, 0.15) is 5.57 Å². The van der Waals surface area contributed by atoms with Crippen molar-refractivity contribution < 1.29 is 24.3 Å². The van der Waals surface area contributed by atoms with Crippen LogP contribution in [-0.4, -0.2) is 33.5 Å². The predicted octanol–water partition coefficient (Wildman–Crippen LogP) is 3.77. The molecule has 0 aliphatic carbocycles. The summed E-state index contributed by atoms with van der Waals surface area (Å²) in [5.41, 5.74) is 3.84. The van der Waals surface area contributed by atoms with Gasteiger partial charge in [0.2, 0.25) is 0 Å². The molecule has 0 spiro atoms. The third-order valence-electron chi connectivity index (χ3n) is 5.58. The number of urea groups is 1. The van der Waals surface area contributed by atoms with Crippen molar-refractivity contribution >= 4 is 35.6 Å². The topological polar surface area (TPSA) is 109 Å². The highest BCUT2D eigenvalue weighted by molar-refractivity contribution is 6.39. The Morgan fingerprint density at radius 1 is 0.970 bits per heavy atom. The molecule has 0 bridgehead atoms. The van der Waals surface area contributed by atoms with E-state index in [0.717, 1.165) is 10.6 Å². The minimum atomic E-state index is -1.04. The number of carbonyl (C=O) groups excluding carboxylic acids is 3. The van der Waals surface area contributed by atoms with Crippen molar-refractivity contribution in [1.29, 1.82) is 0 Å². The van der Waals surface area contributed by atoms with Gasteiger partial charge >= 0.3 is 12.0 Å². The smallest absolute Gasteiger partial charge is 0.335 e. The van der Waals surface area contributed by atoms with Crippen molar-refractivity contribution in [3.8, 4) is 5.69 Å². The first-order valence-electron chi connectivity index (χ1n) is 10.2. The number of benzene rings is 2. The lowest BCUT2D eigenvalue weighted by Gasteiger charge is -2.27. The molecular formula is C25H21N3O5. The molecule has 2 aromatic carbocycles. The Morgan fingerprint density at radius 3 is 2.39 bits per heavy atom. The van der Waals surface area contributed by atoms with E-state index in [1.165, 1.54) is 12.1 Å². The van der Waals surface area contributed by atoms with E-state index in [0.29, 0.717) is 28.2 Å². The van der Waals surface area contributed by atoms with Crippen LogP contribution in [0.15, 0.2) is 60.2 Å². The summed E-state index contributed by atoms with van der Waals surface area (Å²) in [6.07, 6.45) is 1.45. The number of hydrogen-bond donors (Lipinski definition) is 2. The van der Waals surface area contributed by atoms with Crippen LogP contribution in [0.25, 0.3) is 11.8 Å². The first kappa shape index (κ1) is 21.8. The normalized spacial score (nSPS) is 15.2. The van der Waals surface area contributed by atoms with Crippen molar-refractivity contribution in [3.05, 3.63) is 88.2 Å². The summed E-state index contributed by atoms with van der Waals surface area (Å²) >= 11 is 0. The molecule has 8 nitrogen and oxygen atoms in total. The van der Waals surface area contributed by atoms with Gasteiger partial charge in [-0.25, -0.2) is 14.5 Å². The first-order chi connectivity index (χ1) is 15.7. The van der Waals surface area contributed by atoms with Gasteiger partial charge in [0.05, 0.1) is 11.3 Å². The molecule has 0 atom stereocenters. The van der Waals surface area contributed by atoms with Gasteiger partial charge in [-0.1, -0.05) is 24.3 Å². The summed E-state index contributed by atoms with van der Waals surface area (Å²) in [7, 11) is 0. The number of amides is 4. The fourth-order valence-electron chi connectivity index (χ4n) is 3.96. The number of anilines is 1. The van der Waals surface area contributed by atoms with E-state index in [1.807, 2.05) is 18.4 Å². The molecule has 1 fully saturated rings. The quantitative estimate of drug-likeness (QED) is 0.471. The van der Waals surface area contributed by atoms with E-state index in [1.54, 1.807) is 55.5 Å². The molecule has 1 aromatic heterocycles. The lowest BCUT2D eigenvalue weighted by Crippen LogP contribution is -2.54. The molecule has 3 aromatic rings. The SMILES string of the molecule is Cc1ccccc1N1C(=O)NC(=O)/C(=C/c2cc(C)n(-c3cccc(C(=O)O)c3)c2C)C1=O. The largest absolute Gasteiger partial charge is 0.478 e. The van der Waals surface area contributed by atoms with Gasteiger partial charge in [-0.3, -0.25) is 14.9 Å². The van der Waals surface area contributed by atoms with Crippen molar-refractivity contribution in [3.63, 3.8) is 0 Å². The zero-order valence-corrected chi connectivity index (χ0v) is 18.2. The Kier molecular flexibility index (Phi) is 5.43. The molecule has 33 heavy (non-hydrogen) atoms. The predicted molar refractivity (Wildman–Crippen MR) is 122 cm³/mol. The van der Waals surface area contributed by atoms with Crippen molar-refractivity contribution in [2.45, 2.75) is 20.8 Å². The zero-order chi connectivity index (χ0) is 23.9. The van der Waals surface area contributed by atoms with E-state index < -0.39 is 23.8 Å². The molecule has 4 rings (SSSR count). The maximum Gasteiger partial charge on any atom is 0.335 e. The number of barbiturate groups is 1. The molecule has 1 aliphatic heterocycles. The van der Waals surface area contributed by atoms with E-state index in [2.05, 4.69) is 5.32 Å². The number of aromatic carboxylic acids is 1. The Morgan fingerprint density at radius 2 is 1.70 bits per heavy atom. The second-order valence-electron chi connectivity index (χ2n) is 7.76. The fraction of sp³-hybridized carbons (Fsp3) is 0.120. The zero-order valence-electron chi connectivity index (χ0n) is 18.2. The number of nitrogens with one attached hydrogen (secondary N) is 1. The van der Waals surface area contributed by atoms with Crippen molar-refractivity contribution in [1.82, 2.24) is 9.88 Å². The summed E-state index contributed by atoms with van der Waals surface area (Å²) < 4.78 is 1.84. The maximum atomic E-state index is 13.2. The molecule has 2 heterocycles. The number of carbonyl (C=O) groups is 4. The van der Waals surface area contributed by atoms with Gasteiger partial charge in [0.25, 0.3) is 11.8 Å². The van der Waals surface area contributed by atoms with Gasteiger partial charge in [-0.05, 0) is 68.3 Å². The maximum absolute atomic E-state index is 13.2.